The molecule has 2 aromatic rings. The molecule has 6 heteroatoms. The summed E-state index contributed by atoms with van der Waals surface area (Å²) in [6, 6.07) is 14.3. The minimum atomic E-state index is -1.10. The summed E-state index contributed by atoms with van der Waals surface area (Å²) in [7, 11) is 3.97. The molecule has 1 aliphatic rings. The maximum Gasteiger partial charge on any atom is 0.349 e. The molecule has 0 bridgehead atoms. The van der Waals surface area contributed by atoms with Crippen LogP contribution in [0.2, 0.25) is 0 Å². The summed E-state index contributed by atoms with van der Waals surface area (Å²) in [5.41, 5.74) is 0.724. The Morgan fingerprint density at radius 3 is 2.32 bits per heavy atom. The normalized spacial score (nSPS) is 18.8. The van der Waals surface area contributed by atoms with Crippen molar-refractivity contribution in [2.75, 3.05) is 27.2 Å². The largest absolute Gasteiger partial charge is 0.492 e. The third-order valence-electron chi connectivity index (χ3n) is 3.89. The molecular weight excluding hydrogens is 322 g/mol. The van der Waals surface area contributed by atoms with E-state index in [0.717, 1.165) is 17.9 Å². The average Bonchev–Trinajstić information content (AvgIpc) is 2.61. The average molecular weight is 343 g/mol. The van der Waals surface area contributed by atoms with Crippen molar-refractivity contribution in [2.24, 2.45) is 0 Å². The van der Waals surface area contributed by atoms with E-state index in [0.29, 0.717) is 18.1 Å². The van der Waals surface area contributed by atoms with Gasteiger partial charge in [-0.15, -0.1) is 0 Å². The van der Waals surface area contributed by atoms with Gasteiger partial charge >= 0.3 is 5.97 Å². The van der Waals surface area contributed by atoms with E-state index < -0.39 is 18.2 Å². The summed E-state index contributed by atoms with van der Waals surface area (Å²) < 4.78 is 17.2. The van der Waals surface area contributed by atoms with Crippen LogP contribution >= 0.6 is 0 Å². The van der Waals surface area contributed by atoms with E-state index in [1.165, 1.54) is 0 Å². The Bertz CT molecular complexity index is 729. The maximum atomic E-state index is 11.6. The van der Waals surface area contributed by atoms with Crippen molar-refractivity contribution in [2.45, 2.75) is 12.2 Å². The van der Waals surface area contributed by atoms with Crippen molar-refractivity contribution in [1.29, 1.82) is 0 Å². The highest BCUT2D eigenvalue weighted by Crippen LogP contribution is 2.39. The number of benzene rings is 2. The standard InChI is InChI=1S/C19H21NO5/c1-20(2)11-12-23-14-9-7-13(8-10-14)17-18(19(21)22)25-16-6-4-3-5-15(16)24-17/h3-10,17-18H,11-12H2,1-2H3,(H,21,22). The zero-order valence-corrected chi connectivity index (χ0v) is 14.2. The van der Waals surface area contributed by atoms with Gasteiger partial charge in [-0.3, -0.25) is 0 Å². The minimum absolute atomic E-state index is 0.440. The fourth-order valence-electron chi connectivity index (χ4n) is 2.56. The molecule has 25 heavy (non-hydrogen) atoms. The molecule has 0 aromatic heterocycles. The highest BCUT2D eigenvalue weighted by molar-refractivity contribution is 5.75. The van der Waals surface area contributed by atoms with Crippen LogP contribution in [0.25, 0.3) is 0 Å². The molecule has 0 amide bonds. The first-order chi connectivity index (χ1) is 12.0. The third-order valence-corrected chi connectivity index (χ3v) is 3.89. The summed E-state index contributed by atoms with van der Waals surface area (Å²) in [4.78, 5) is 13.6. The van der Waals surface area contributed by atoms with Gasteiger partial charge in [-0.25, -0.2) is 4.79 Å². The van der Waals surface area contributed by atoms with E-state index in [1.807, 2.05) is 49.3 Å². The van der Waals surface area contributed by atoms with Crippen LogP contribution in [0.3, 0.4) is 0 Å². The smallest absolute Gasteiger partial charge is 0.349 e. The molecule has 1 N–H and O–H groups in total. The van der Waals surface area contributed by atoms with Crippen molar-refractivity contribution in [3.8, 4) is 17.2 Å². The van der Waals surface area contributed by atoms with Crippen LogP contribution in [-0.2, 0) is 4.79 Å². The van der Waals surface area contributed by atoms with Crippen LogP contribution in [0.1, 0.15) is 11.7 Å². The third kappa shape index (κ3) is 4.03. The predicted molar refractivity (Wildman–Crippen MR) is 92.4 cm³/mol. The number of ether oxygens (including phenoxy) is 3. The second-order valence-electron chi connectivity index (χ2n) is 6.08. The van der Waals surface area contributed by atoms with Gasteiger partial charge in [0.15, 0.2) is 17.6 Å². The number of carbonyl (C=O) groups is 1. The predicted octanol–water partition coefficient (Wildman–Crippen LogP) is 2.59. The topological polar surface area (TPSA) is 68.2 Å². The van der Waals surface area contributed by atoms with Gasteiger partial charge in [0.2, 0.25) is 6.10 Å². The number of aliphatic carboxylic acids is 1. The van der Waals surface area contributed by atoms with E-state index in [9.17, 15) is 9.90 Å². The molecule has 0 fully saturated rings. The molecule has 132 valence electrons. The molecule has 2 aromatic carbocycles. The lowest BCUT2D eigenvalue weighted by molar-refractivity contribution is -0.151. The van der Waals surface area contributed by atoms with E-state index in [-0.39, 0.29) is 0 Å². The molecule has 6 nitrogen and oxygen atoms in total. The Balaban J connectivity index is 1.76. The van der Waals surface area contributed by atoms with Crippen molar-refractivity contribution < 1.29 is 24.1 Å². The number of hydrogen-bond acceptors (Lipinski definition) is 5. The lowest BCUT2D eigenvalue weighted by Crippen LogP contribution is -2.39. The Kier molecular flexibility index (Phi) is 5.09. The molecule has 0 spiro atoms. The molecule has 0 radical (unpaired) electrons. The molecular formula is C19H21NO5. The number of likely N-dealkylation sites (N-methyl/N-ethyl adjacent to an activating group) is 1. The first kappa shape index (κ1) is 17.1. The van der Waals surface area contributed by atoms with Gasteiger partial charge in [0.05, 0.1) is 0 Å². The fourth-order valence-corrected chi connectivity index (χ4v) is 2.56. The van der Waals surface area contributed by atoms with Crippen LogP contribution in [0.4, 0.5) is 0 Å². The first-order valence-corrected chi connectivity index (χ1v) is 8.07. The zero-order chi connectivity index (χ0) is 17.8. The monoisotopic (exact) mass is 343 g/mol. The molecule has 0 saturated heterocycles. The van der Waals surface area contributed by atoms with Crippen LogP contribution < -0.4 is 14.2 Å². The number of hydrogen-bond donors (Lipinski definition) is 1. The molecule has 2 unspecified atom stereocenters. The Labute approximate surface area is 146 Å². The zero-order valence-electron chi connectivity index (χ0n) is 14.2. The summed E-state index contributed by atoms with van der Waals surface area (Å²) in [6.45, 7) is 1.40. The van der Waals surface area contributed by atoms with Crippen LogP contribution in [0, 0.1) is 0 Å². The van der Waals surface area contributed by atoms with Crippen LogP contribution in [0.15, 0.2) is 48.5 Å². The van der Waals surface area contributed by atoms with Gasteiger partial charge in [0, 0.05) is 6.54 Å². The fraction of sp³-hybridized carbons (Fsp3) is 0.316. The van der Waals surface area contributed by atoms with E-state index >= 15 is 0 Å². The summed E-state index contributed by atoms with van der Waals surface area (Å²) in [5, 5.41) is 9.48. The SMILES string of the molecule is CN(C)CCOc1ccc(C2Oc3ccccc3OC2C(=O)O)cc1. The Morgan fingerprint density at radius 1 is 1.08 bits per heavy atom. The quantitative estimate of drug-likeness (QED) is 0.869. The molecule has 1 heterocycles. The van der Waals surface area contributed by atoms with Crippen LogP contribution in [0.5, 0.6) is 17.2 Å². The van der Waals surface area contributed by atoms with Crippen molar-refractivity contribution in [3.63, 3.8) is 0 Å². The van der Waals surface area contributed by atoms with Gasteiger partial charge in [0.25, 0.3) is 0 Å². The van der Waals surface area contributed by atoms with E-state index in [1.54, 1.807) is 18.2 Å². The van der Waals surface area contributed by atoms with Gasteiger partial charge in [-0.05, 0) is 43.9 Å². The van der Waals surface area contributed by atoms with E-state index in [2.05, 4.69) is 0 Å². The summed E-state index contributed by atoms with van der Waals surface area (Å²) in [5.74, 6) is 0.645. The number of para-hydroxylation sites is 2. The minimum Gasteiger partial charge on any atom is -0.492 e. The van der Waals surface area contributed by atoms with Crippen LogP contribution in [-0.4, -0.2) is 49.3 Å². The van der Waals surface area contributed by atoms with Gasteiger partial charge < -0.3 is 24.2 Å². The molecule has 0 aliphatic carbocycles. The molecule has 1 aliphatic heterocycles. The highest BCUT2D eigenvalue weighted by Gasteiger charge is 2.38. The molecule has 2 atom stereocenters. The summed E-state index contributed by atoms with van der Waals surface area (Å²) >= 11 is 0. The second kappa shape index (κ2) is 7.44. The van der Waals surface area contributed by atoms with Crippen molar-refractivity contribution in [3.05, 3.63) is 54.1 Å². The van der Waals surface area contributed by atoms with Gasteiger partial charge in [-0.2, -0.15) is 0 Å². The number of rotatable bonds is 6. The molecule has 0 saturated carbocycles. The number of carboxylic acid groups (broad SMARTS) is 1. The van der Waals surface area contributed by atoms with Crippen molar-refractivity contribution in [1.82, 2.24) is 4.90 Å². The van der Waals surface area contributed by atoms with Gasteiger partial charge in [0.1, 0.15) is 12.4 Å². The first-order valence-electron chi connectivity index (χ1n) is 8.07. The van der Waals surface area contributed by atoms with Gasteiger partial charge in [-0.1, -0.05) is 24.3 Å². The van der Waals surface area contributed by atoms with Crippen molar-refractivity contribution >= 4 is 5.97 Å². The molecule has 3 rings (SSSR count). The lowest BCUT2D eigenvalue weighted by Gasteiger charge is -2.31. The maximum absolute atomic E-state index is 11.6. The number of carboxylic acids is 1. The highest BCUT2D eigenvalue weighted by atomic mass is 16.6. The number of fused-ring (bicyclic) bond motifs is 1. The second-order valence-corrected chi connectivity index (χ2v) is 6.08. The van der Waals surface area contributed by atoms with E-state index in [4.69, 9.17) is 14.2 Å². The number of nitrogens with zero attached hydrogens (tertiary/aromatic N) is 1. The summed E-state index contributed by atoms with van der Waals surface area (Å²) in [6.07, 6.45) is -1.82. The Morgan fingerprint density at radius 2 is 1.72 bits per heavy atom. The Hall–Kier alpha value is -2.73. The lowest BCUT2D eigenvalue weighted by atomic mass is 10.0.